The molecule has 1 amide bonds. The van der Waals surface area contributed by atoms with Gasteiger partial charge in [0.15, 0.2) is 0 Å². The van der Waals surface area contributed by atoms with Gasteiger partial charge in [0.1, 0.15) is 6.04 Å². The summed E-state index contributed by atoms with van der Waals surface area (Å²) in [6.45, 7) is 3.36. The second-order valence-electron chi connectivity index (χ2n) is 3.78. The van der Waals surface area contributed by atoms with Crippen LogP contribution in [0.15, 0.2) is 0 Å². The summed E-state index contributed by atoms with van der Waals surface area (Å²) in [5.74, 6) is -0.426. The molecule has 1 fully saturated rings. The normalized spacial score (nSPS) is 19.3. The molecule has 0 aromatic heterocycles. The average molecular weight is 214 g/mol. The van der Waals surface area contributed by atoms with E-state index in [-0.39, 0.29) is 11.8 Å². The van der Waals surface area contributed by atoms with Crippen molar-refractivity contribution < 1.29 is 14.3 Å². The van der Waals surface area contributed by atoms with E-state index >= 15 is 0 Å². The van der Waals surface area contributed by atoms with Crippen LogP contribution in [0.3, 0.4) is 0 Å². The lowest BCUT2D eigenvalue weighted by atomic mass is 9.97. The van der Waals surface area contributed by atoms with E-state index in [1.54, 1.807) is 6.92 Å². The van der Waals surface area contributed by atoms with E-state index in [4.69, 9.17) is 0 Å². The van der Waals surface area contributed by atoms with Crippen LogP contribution in [0.4, 0.5) is 0 Å². The van der Waals surface area contributed by atoms with Gasteiger partial charge in [-0.1, -0.05) is 0 Å². The first-order valence-electron chi connectivity index (χ1n) is 5.24. The van der Waals surface area contributed by atoms with Gasteiger partial charge in [0.2, 0.25) is 5.91 Å². The number of piperidine rings is 1. The van der Waals surface area contributed by atoms with E-state index in [0.29, 0.717) is 0 Å². The molecule has 86 valence electrons. The molecule has 1 atom stereocenters. The summed E-state index contributed by atoms with van der Waals surface area (Å²) >= 11 is 0. The van der Waals surface area contributed by atoms with Gasteiger partial charge in [-0.25, -0.2) is 4.79 Å². The maximum absolute atomic E-state index is 11.7. The highest BCUT2D eigenvalue weighted by Gasteiger charge is 2.24. The summed E-state index contributed by atoms with van der Waals surface area (Å²) in [6, 6.07) is -0.558. The number of ether oxygens (including phenoxy) is 1. The Balaban J connectivity index is 2.36. The van der Waals surface area contributed by atoms with Gasteiger partial charge in [0, 0.05) is 5.92 Å². The van der Waals surface area contributed by atoms with Crippen molar-refractivity contribution in [1.29, 1.82) is 0 Å². The fraction of sp³-hybridized carbons (Fsp3) is 0.800. The van der Waals surface area contributed by atoms with Crippen molar-refractivity contribution in [1.82, 2.24) is 10.6 Å². The Hall–Kier alpha value is -1.10. The first kappa shape index (κ1) is 12.0. The summed E-state index contributed by atoms with van der Waals surface area (Å²) in [5.41, 5.74) is 0. The van der Waals surface area contributed by atoms with Gasteiger partial charge in [0.25, 0.3) is 0 Å². The Morgan fingerprint density at radius 2 is 2.00 bits per heavy atom. The summed E-state index contributed by atoms with van der Waals surface area (Å²) in [6.07, 6.45) is 1.67. The molecule has 0 aromatic rings. The van der Waals surface area contributed by atoms with Crippen molar-refractivity contribution >= 4 is 11.9 Å². The van der Waals surface area contributed by atoms with Crippen LogP contribution in [0.2, 0.25) is 0 Å². The Labute approximate surface area is 89.6 Å². The lowest BCUT2D eigenvalue weighted by molar-refractivity contribution is -0.145. The SMILES string of the molecule is COC(=O)C(C)NC(=O)C1CCNCC1. The van der Waals surface area contributed by atoms with Gasteiger partial charge >= 0.3 is 5.97 Å². The summed E-state index contributed by atoms with van der Waals surface area (Å²) in [5, 5.41) is 5.84. The maximum atomic E-state index is 11.7. The Morgan fingerprint density at radius 3 is 2.53 bits per heavy atom. The molecule has 1 rings (SSSR count). The summed E-state index contributed by atoms with van der Waals surface area (Å²) in [4.78, 5) is 22.8. The van der Waals surface area contributed by atoms with Gasteiger partial charge in [-0.3, -0.25) is 4.79 Å². The van der Waals surface area contributed by atoms with Crippen LogP contribution >= 0.6 is 0 Å². The molecular formula is C10H18N2O3. The van der Waals surface area contributed by atoms with E-state index in [1.165, 1.54) is 7.11 Å². The molecule has 0 radical (unpaired) electrons. The number of hydrogen-bond acceptors (Lipinski definition) is 4. The van der Waals surface area contributed by atoms with E-state index < -0.39 is 12.0 Å². The van der Waals surface area contributed by atoms with Gasteiger partial charge in [-0.2, -0.15) is 0 Å². The highest BCUT2D eigenvalue weighted by Crippen LogP contribution is 2.11. The number of carbonyl (C=O) groups is 2. The van der Waals surface area contributed by atoms with Crippen molar-refractivity contribution in [2.45, 2.75) is 25.8 Å². The predicted octanol–water partition coefficient (Wildman–Crippen LogP) is -0.336. The smallest absolute Gasteiger partial charge is 0.328 e. The molecule has 1 heterocycles. The third kappa shape index (κ3) is 3.51. The van der Waals surface area contributed by atoms with E-state index in [9.17, 15) is 9.59 Å². The molecule has 5 heteroatoms. The first-order chi connectivity index (χ1) is 7.15. The highest BCUT2D eigenvalue weighted by atomic mass is 16.5. The molecule has 0 saturated carbocycles. The van der Waals surface area contributed by atoms with Crippen LogP contribution < -0.4 is 10.6 Å². The summed E-state index contributed by atoms with van der Waals surface area (Å²) in [7, 11) is 1.31. The standard InChI is InChI=1S/C10H18N2O3/c1-7(10(14)15-2)12-9(13)8-3-5-11-6-4-8/h7-8,11H,3-6H2,1-2H3,(H,12,13). The number of methoxy groups -OCH3 is 1. The second-order valence-corrected chi connectivity index (χ2v) is 3.78. The molecule has 2 N–H and O–H groups in total. The Kier molecular flexibility index (Phi) is 4.55. The number of nitrogens with one attached hydrogen (secondary N) is 2. The molecule has 0 spiro atoms. The Morgan fingerprint density at radius 1 is 1.40 bits per heavy atom. The molecule has 15 heavy (non-hydrogen) atoms. The molecule has 1 aliphatic rings. The summed E-state index contributed by atoms with van der Waals surface area (Å²) < 4.78 is 4.53. The van der Waals surface area contributed by atoms with E-state index in [0.717, 1.165) is 25.9 Å². The molecule has 5 nitrogen and oxygen atoms in total. The molecule has 0 aliphatic carbocycles. The van der Waals surface area contributed by atoms with Crippen LogP contribution in [0.1, 0.15) is 19.8 Å². The minimum atomic E-state index is -0.558. The number of amides is 1. The number of hydrogen-bond donors (Lipinski definition) is 2. The van der Waals surface area contributed by atoms with Crippen molar-refractivity contribution in [2.24, 2.45) is 5.92 Å². The molecule has 1 saturated heterocycles. The zero-order chi connectivity index (χ0) is 11.3. The molecule has 1 aliphatic heterocycles. The van der Waals surface area contributed by atoms with Crippen molar-refractivity contribution in [2.75, 3.05) is 20.2 Å². The predicted molar refractivity (Wildman–Crippen MR) is 55.2 cm³/mol. The number of rotatable bonds is 3. The van der Waals surface area contributed by atoms with Crippen LogP contribution in [-0.4, -0.2) is 38.1 Å². The molecule has 0 bridgehead atoms. The molecular weight excluding hydrogens is 196 g/mol. The lowest BCUT2D eigenvalue weighted by Crippen LogP contribution is -2.44. The zero-order valence-corrected chi connectivity index (χ0v) is 9.21. The van der Waals surface area contributed by atoms with Crippen molar-refractivity contribution in [3.63, 3.8) is 0 Å². The highest BCUT2D eigenvalue weighted by molar-refractivity contribution is 5.85. The lowest BCUT2D eigenvalue weighted by Gasteiger charge is -2.23. The second kappa shape index (κ2) is 5.70. The zero-order valence-electron chi connectivity index (χ0n) is 9.21. The monoisotopic (exact) mass is 214 g/mol. The Bertz CT molecular complexity index is 237. The van der Waals surface area contributed by atoms with Gasteiger partial charge in [-0.05, 0) is 32.9 Å². The van der Waals surface area contributed by atoms with Gasteiger partial charge in [0.05, 0.1) is 7.11 Å². The fourth-order valence-electron chi connectivity index (χ4n) is 1.65. The van der Waals surface area contributed by atoms with Crippen LogP contribution in [-0.2, 0) is 14.3 Å². The van der Waals surface area contributed by atoms with Crippen LogP contribution in [0.5, 0.6) is 0 Å². The minimum Gasteiger partial charge on any atom is -0.467 e. The third-order valence-electron chi connectivity index (χ3n) is 2.62. The number of esters is 1. The minimum absolute atomic E-state index is 0.0263. The third-order valence-corrected chi connectivity index (χ3v) is 2.62. The van der Waals surface area contributed by atoms with Crippen molar-refractivity contribution in [3.8, 4) is 0 Å². The first-order valence-corrected chi connectivity index (χ1v) is 5.24. The van der Waals surface area contributed by atoms with E-state index in [2.05, 4.69) is 15.4 Å². The quantitative estimate of drug-likeness (QED) is 0.631. The molecule has 1 unspecified atom stereocenters. The maximum Gasteiger partial charge on any atom is 0.328 e. The average Bonchev–Trinajstić information content (AvgIpc) is 2.29. The van der Waals surface area contributed by atoms with Crippen LogP contribution in [0, 0.1) is 5.92 Å². The fourth-order valence-corrected chi connectivity index (χ4v) is 1.65. The van der Waals surface area contributed by atoms with Gasteiger partial charge in [-0.15, -0.1) is 0 Å². The van der Waals surface area contributed by atoms with Crippen molar-refractivity contribution in [3.05, 3.63) is 0 Å². The topological polar surface area (TPSA) is 67.4 Å². The molecule has 0 aromatic carbocycles. The van der Waals surface area contributed by atoms with Gasteiger partial charge < -0.3 is 15.4 Å². The largest absolute Gasteiger partial charge is 0.467 e. The van der Waals surface area contributed by atoms with Crippen LogP contribution in [0.25, 0.3) is 0 Å². The van der Waals surface area contributed by atoms with E-state index in [1.807, 2.05) is 0 Å². The number of carbonyl (C=O) groups excluding carboxylic acids is 2.